The Morgan fingerprint density at radius 2 is 1.78 bits per heavy atom. The van der Waals surface area contributed by atoms with Crippen molar-refractivity contribution in [1.82, 2.24) is 20.0 Å². The number of allylic oxidation sites excluding steroid dienone is 1. The van der Waals surface area contributed by atoms with Gasteiger partial charge in [0.1, 0.15) is 0 Å². The predicted octanol–water partition coefficient (Wildman–Crippen LogP) is 8.67. The van der Waals surface area contributed by atoms with E-state index in [-0.39, 0.29) is 16.2 Å². The number of nitrogens with one attached hydrogen (secondary N) is 1. The Kier molecular flexibility index (Phi) is 6.53. The molecule has 5 nitrogen and oxygen atoms in total. The molecule has 2 aromatic heterocycles. The van der Waals surface area contributed by atoms with Crippen molar-refractivity contribution in [1.29, 1.82) is 0 Å². The van der Waals surface area contributed by atoms with Crippen LogP contribution >= 0.6 is 0 Å². The van der Waals surface area contributed by atoms with Gasteiger partial charge in [0.05, 0.1) is 11.4 Å². The monoisotopic (exact) mass is 608 g/mol. The van der Waals surface area contributed by atoms with Crippen LogP contribution in [0.5, 0.6) is 0 Å². The molecular formula is C40H56N4O. The topological polar surface area (TPSA) is 66.7 Å². The smallest absolute Gasteiger partial charge is 0.0870 e. The fourth-order valence-electron chi connectivity index (χ4n) is 13.8. The molecule has 3 aromatic rings. The maximum atomic E-state index is 10.9. The molecule has 1 aromatic carbocycles. The van der Waals surface area contributed by atoms with Crippen molar-refractivity contribution < 1.29 is 5.11 Å². The van der Waals surface area contributed by atoms with Gasteiger partial charge in [0, 0.05) is 35.7 Å². The number of aryl methyl sites for hydroxylation is 2. The second-order valence-electron chi connectivity index (χ2n) is 17.8. The van der Waals surface area contributed by atoms with Crippen molar-refractivity contribution >= 4 is 10.9 Å². The summed E-state index contributed by atoms with van der Waals surface area (Å²) in [6.45, 7) is 21.1. The SMILES string of the molecule is C=C(C)[C@@H]1CC[C@]2(CO)CC[C@]3(C)[C@H](CC[C@@H]4[C@@]5(C)Cc6nnn(CCc7c[nH]c8ccccc78)c6C(C)(C)[C@@H]5CC[C@]43C)[C@@H]12. The van der Waals surface area contributed by atoms with E-state index in [1.807, 2.05) is 0 Å². The number of hydrogen-bond acceptors (Lipinski definition) is 3. The van der Waals surface area contributed by atoms with E-state index in [2.05, 4.69) is 88.2 Å². The summed E-state index contributed by atoms with van der Waals surface area (Å²) in [4.78, 5) is 3.46. The summed E-state index contributed by atoms with van der Waals surface area (Å²) in [6.07, 6.45) is 14.3. The molecular weight excluding hydrogens is 552 g/mol. The lowest BCUT2D eigenvalue weighted by Crippen LogP contribution is -2.66. The molecule has 5 heteroatoms. The Hall–Kier alpha value is -2.40. The molecule has 5 aliphatic rings. The number of hydrogen-bond donors (Lipinski definition) is 2. The Morgan fingerprint density at radius 3 is 2.56 bits per heavy atom. The number of benzene rings is 1. The Balaban J connectivity index is 1.11. The highest BCUT2D eigenvalue weighted by Crippen LogP contribution is 2.77. The van der Waals surface area contributed by atoms with E-state index < -0.39 is 0 Å². The maximum Gasteiger partial charge on any atom is 0.0870 e. The van der Waals surface area contributed by atoms with E-state index in [4.69, 9.17) is 10.3 Å². The zero-order chi connectivity index (χ0) is 31.6. The second kappa shape index (κ2) is 9.81. The third-order valence-electron chi connectivity index (χ3n) is 15.9. The standard InChI is InChI=1S/C40H56N4O/c1-25(2)27-14-18-40(24-45)20-19-38(6)29(34(27)40)12-13-33-37(5)22-31-35(36(3,4)32(37)15-17-39(33,38)7)44(43-42-31)21-16-26-23-41-30-11-9-8-10-28(26)30/h8-11,23,27,29,32-34,41,45H,1,12-22,24H2,2-7H3/t27-,29+,32-,33+,34+,37-,38+,39+,40+/m0/s1. The summed E-state index contributed by atoms with van der Waals surface area (Å²) in [5, 5.41) is 22.0. The van der Waals surface area contributed by atoms with Gasteiger partial charge in [-0.15, -0.1) is 5.10 Å². The summed E-state index contributed by atoms with van der Waals surface area (Å²) < 4.78 is 2.27. The zero-order valence-corrected chi connectivity index (χ0v) is 28.8. The molecule has 5 aliphatic carbocycles. The van der Waals surface area contributed by atoms with Crippen LogP contribution in [0.2, 0.25) is 0 Å². The highest BCUT2D eigenvalue weighted by molar-refractivity contribution is 5.83. The second-order valence-corrected chi connectivity index (χ2v) is 17.8. The van der Waals surface area contributed by atoms with Crippen LogP contribution in [0, 0.1) is 51.2 Å². The first-order chi connectivity index (χ1) is 21.4. The van der Waals surface area contributed by atoms with Crippen molar-refractivity contribution in [3.8, 4) is 0 Å². The minimum atomic E-state index is 0.0280. The average molecular weight is 609 g/mol. The molecule has 0 amide bonds. The lowest BCUT2D eigenvalue weighted by molar-refractivity contribution is -0.228. The molecule has 2 N–H and O–H groups in total. The van der Waals surface area contributed by atoms with E-state index in [0.29, 0.717) is 47.0 Å². The number of nitrogens with zero attached hydrogens (tertiary/aromatic N) is 3. The van der Waals surface area contributed by atoms with Crippen LogP contribution in [0.1, 0.15) is 110 Å². The molecule has 0 aliphatic heterocycles. The molecule has 4 saturated carbocycles. The van der Waals surface area contributed by atoms with Gasteiger partial charge in [0.25, 0.3) is 0 Å². The fraction of sp³-hybridized carbons (Fsp3) is 0.700. The zero-order valence-electron chi connectivity index (χ0n) is 28.8. The van der Waals surface area contributed by atoms with Crippen molar-refractivity contribution in [2.24, 2.45) is 51.2 Å². The van der Waals surface area contributed by atoms with Gasteiger partial charge in [-0.1, -0.05) is 70.2 Å². The molecule has 0 bridgehead atoms. The summed E-state index contributed by atoms with van der Waals surface area (Å²) >= 11 is 0. The number of aliphatic hydroxyl groups excluding tert-OH is 1. The Labute approximate surface area is 270 Å². The van der Waals surface area contributed by atoms with Crippen LogP contribution in [0.15, 0.2) is 42.6 Å². The van der Waals surface area contributed by atoms with Crippen molar-refractivity contribution in [2.45, 2.75) is 118 Å². The van der Waals surface area contributed by atoms with Gasteiger partial charge in [0.15, 0.2) is 0 Å². The van der Waals surface area contributed by atoms with Crippen LogP contribution < -0.4 is 0 Å². The van der Waals surface area contributed by atoms with Gasteiger partial charge in [-0.05, 0) is 134 Å². The first-order valence-electron chi connectivity index (χ1n) is 18.1. The van der Waals surface area contributed by atoms with Gasteiger partial charge < -0.3 is 10.1 Å². The Morgan fingerprint density at radius 1 is 0.978 bits per heavy atom. The first kappa shape index (κ1) is 30.0. The van der Waals surface area contributed by atoms with Crippen LogP contribution in [0.4, 0.5) is 0 Å². The highest BCUT2D eigenvalue weighted by Gasteiger charge is 2.71. The van der Waals surface area contributed by atoms with Crippen LogP contribution in [0.25, 0.3) is 10.9 Å². The number of rotatable bonds is 5. The minimum Gasteiger partial charge on any atom is -0.396 e. The molecule has 0 spiro atoms. The first-order valence-corrected chi connectivity index (χ1v) is 18.1. The molecule has 8 rings (SSSR count). The molecule has 0 radical (unpaired) electrons. The normalized spacial score (nSPS) is 41.5. The van der Waals surface area contributed by atoms with Crippen LogP contribution in [-0.2, 0) is 24.8 Å². The number of aromatic nitrogens is 4. The maximum absolute atomic E-state index is 10.9. The van der Waals surface area contributed by atoms with Crippen molar-refractivity contribution in [3.05, 3.63) is 59.6 Å². The molecule has 4 fully saturated rings. The molecule has 0 saturated heterocycles. The minimum absolute atomic E-state index is 0.0280. The van der Waals surface area contributed by atoms with Crippen LogP contribution in [-0.4, -0.2) is 31.7 Å². The van der Waals surface area contributed by atoms with E-state index in [9.17, 15) is 5.11 Å². The predicted molar refractivity (Wildman–Crippen MR) is 182 cm³/mol. The lowest BCUT2D eigenvalue weighted by atomic mass is 9.32. The highest BCUT2D eigenvalue weighted by atomic mass is 16.3. The third-order valence-corrected chi connectivity index (χ3v) is 15.9. The number of aliphatic hydroxyl groups is 1. The average Bonchev–Trinajstić information content (AvgIpc) is 3.72. The largest absolute Gasteiger partial charge is 0.396 e. The summed E-state index contributed by atoms with van der Waals surface area (Å²) in [7, 11) is 0. The number of fused-ring (bicyclic) bond motifs is 9. The molecule has 2 heterocycles. The molecule has 0 unspecified atom stereocenters. The fourth-order valence-corrected chi connectivity index (χ4v) is 13.8. The number of H-pyrrole nitrogens is 1. The van der Waals surface area contributed by atoms with E-state index in [1.165, 1.54) is 84.8 Å². The summed E-state index contributed by atoms with van der Waals surface area (Å²) in [5.41, 5.74) is 7.54. The summed E-state index contributed by atoms with van der Waals surface area (Å²) in [5.74, 6) is 3.15. The molecule has 9 atom stereocenters. The van der Waals surface area contributed by atoms with Gasteiger partial charge in [-0.2, -0.15) is 0 Å². The third kappa shape index (κ3) is 3.82. The number of para-hydroxylation sites is 1. The van der Waals surface area contributed by atoms with Gasteiger partial charge in [-0.3, -0.25) is 0 Å². The van der Waals surface area contributed by atoms with E-state index in [0.717, 1.165) is 19.4 Å². The van der Waals surface area contributed by atoms with Gasteiger partial charge >= 0.3 is 0 Å². The van der Waals surface area contributed by atoms with E-state index in [1.54, 1.807) is 0 Å². The van der Waals surface area contributed by atoms with Crippen molar-refractivity contribution in [3.63, 3.8) is 0 Å². The number of aromatic amines is 1. The van der Waals surface area contributed by atoms with Crippen molar-refractivity contribution in [2.75, 3.05) is 6.61 Å². The Bertz CT molecular complexity index is 1650. The molecule has 242 valence electrons. The molecule has 45 heavy (non-hydrogen) atoms. The van der Waals surface area contributed by atoms with Gasteiger partial charge in [-0.25, -0.2) is 4.68 Å². The lowest BCUT2D eigenvalue weighted by Gasteiger charge is -2.72. The summed E-state index contributed by atoms with van der Waals surface area (Å²) in [6, 6.07) is 8.62. The van der Waals surface area contributed by atoms with Crippen LogP contribution in [0.3, 0.4) is 0 Å². The van der Waals surface area contributed by atoms with E-state index >= 15 is 0 Å². The van der Waals surface area contributed by atoms with Gasteiger partial charge in [0.2, 0.25) is 0 Å². The quantitative estimate of drug-likeness (QED) is 0.285.